The molecule has 6 heteroatoms. The number of hydrogen-bond donors (Lipinski definition) is 3. The molecule has 6 nitrogen and oxygen atoms in total. The van der Waals surface area contributed by atoms with Gasteiger partial charge in [0.05, 0.1) is 11.2 Å². The van der Waals surface area contributed by atoms with Crippen molar-refractivity contribution in [1.82, 2.24) is 19.9 Å². The number of aliphatic hydroxyl groups is 1. The van der Waals surface area contributed by atoms with E-state index in [1.165, 1.54) is 0 Å². The molecule has 0 unspecified atom stereocenters. The number of rotatable bonds is 4. The number of nitrogens with zero attached hydrogens (tertiary/aromatic N) is 3. The Morgan fingerprint density at radius 3 is 2.83 bits per heavy atom. The molecule has 4 aromatic rings. The third-order valence-electron chi connectivity index (χ3n) is 4.04. The molecule has 0 saturated heterocycles. The van der Waals surface area contributed by atoms with Crippen molar-refractivity contribution in [3.05, 3.63) is 48.4 Å². The molecule has 4 N–H and O–H groups in total. The Labute approximate surface area is 138 Å². The number of H-pyrrole nitrogens is 1. The lowest BCUT2D eigenvalue weighted by atomic mass is 10.1. The molecule has 3 heterocycles. The molecule has 1 aromatic carbocycles. The Balaban J connectivity index is 1.88. The molecule has 4 rings (SSSR count). The van der Waals surface area contributed by atoms with E-state index in [0.717, 1.165) is 39.0 Å². The number of aliphatic hydroxyl groups excluding tert-OH is 1. The van der Waals surface area contributed by atoms with Gasteiger partial charge in [-0.05, 0) is 30.7 Å². The first kappa shape index (κ1) is 14.6. The summed E-state index contributed by atoms with van der Waals surface area (Å²) in [5.41, 5.74) is 10.4. The van der Waals surface area contributed by atoms with Gasteiger partial charge in [0, 0.05) is 30.2 Å². The van der Waals surface area contributed by atoms with Crippen LogP contribution in [0.3, 0.4) is 0 Å². The van der Waals surface area contributed by atoms with Gasteiger partial charge in [0.25, 0.3) is 0 Å². The summed E-state index contributed by atoms with van der Waals surface area (Å²) in [5, 5.41) is 9.93. The number of nitrogens with two attached hydrogens (primary N) is 1. The standard InChI is InChI=1S/C18H17N5O/c19-18-17-16(22-15(23-17)5-3-9-24)12-7-6-11(10-14(12)21-18)13-4-1-2-8-20-13/h1-2,4,6-8,10,24H,3,5,9H2,(H2,19,21)(H,22,23). The molecular weight excluding hydrogens is 302 g/mol. The van der Waals surface area contributed by atoms with Crippen LogP contribution in [0.1, 0.15) is 12.2 Å². The van der Waals surface area contributed by atoms with Gasteiger partial charge in [-0.15, -0.1) is 0 Å². The van der Waals surface area contributed by atoms with Crippen LogP contribution in [0.4, 0.5) is 5.82 Å². The van der Waals surface area contributed by atoms with E-state index in [1.807, 2.05) is 36.4 Å². The summed E-state index contributed by atoms with van der Waals surface area (Å²) in [5.74, 6) is 1.24. The van der Waals surface area contributed by atoms with Gasteiger partial charge in [-0.3, -0.25) is 4.98 Å². The molecule has 0 aliphatic rings. The fourth-order valence-electron chi connectivity index (χ4n) is 2.87. The molecule has 0 atom stereocenters. The van der Waals surface area contributed by atoms with Gasteiger partial charge in [0.2, 0.25) is 0 Å². The van der Waals surface area contributed by atoms with Gasteiger partial charge in [-0.25, -0.2) is 9.97 Å². The van der Waals surface area contributed by atoms with Crippen LogP contribution in [0.15, 0.2) is 42.6 Å². The van der Waals surface area contributed by atoms with Crippen LogP contribution in [0.5, 0.6) is 0 Å². The highest BCUT2D eigenvalue weighted by molar-refractivity contribution is 6.07. The predicted octanol–water partition coefficient (Wildman–Crippen LogP) is 2.68. The molecular formula is C18H17N5O. The topological polar surface area (TPSA) is 101 Å². The van der Waals surface area contributed by atoms with E-state index in [1.54, 1.807) is 6.20 Å². The largest absolute Gasteiger partial charge is 0.396 e. The third kappa shape index (κ3) is 2.47. The number of aryl methyl sites for hydroxylation is 1. The van der Waals surface area contributed by atoms with Crippen LogP contribution in [-0.2, 0) is 6.42 Å². The maximum Gasteiger partial charge on any atom is 0.150 e. The van der Waals surface area contributed by atoms with E-state index in [-0.39, 0.29) is 6.61 Å². The van der Waals surface area contributed by atoms with Crippen LogP contribution >= 0.6 is 0 Å². The molecule has 0 radical (unpaired) electrons. The number of anilines is 1. The summed E-state index contributed by atoms with van der Waals surface area (Å²) in [4.78, 5) is 16.7. The fraction of sp³-hybridized carbons (Fsp3) is 0.167. The zero-order chi connectivity index (χ0) is 16.5. The van der Waals surface area contributed by atoms with Gasteiger partial charge in [0.15, 0.2) is 0 Å². The van der Waals surface area contributed by atoms with E-state index in [4.69, 9.17) is 10.8 Å². The fourth-order valence-corrected chi connectivity index (χ4v) is 2.87. The average molecular weight is 319 g/mol. The molecule has 0 aliphatic carbocycles. The number of hydrogen-bond acceptors (Lipinski definition) is 5. The van der Waals surface area contributed by atoms with Crippen LogP contribution in [0, 0.1) is 0 Å². The molecule has 120 valence electrons. The Morgan fingerprint density at radius 2 is 2.04 bits per heavy atom. The maximum atomic E-state index is 8.98. The minimum atomic E-state index is 0.138. The monoisotopic (exact) mass is 319 g/mol. The van der Waals surface area contributed by atoms with Crippen molar-refractivity contribution in [1.29, 1.82) is 0 Å². The lowest BCUT2D eigenvalue weighted by molar-refractivity contribution is 0.287. The molecule has 0 amide bonds. The Bertz CT molecular complexity index is 1010. The number of aromatic amines is 1. The van der Waals surface area contributed by atoms with Crippen molar-refractivity contribution in [3.8, 4) is 11.3 Å². The van der Waals surface area contributed by atoms with E-state index in [9.17, 15) is 0 Å². The first-order valence-electron chi connectivity index (χ1n) is 7.86. The quantitative estimate of drug-likeness (QED) is 0.537. The van der Waals surface area contributed by atoms with Gasteiger partial charge in [-0.2, -0.15) is 0 Å². The lowest BCUT2D eigenvalue weighted by Crippen LogP contribution is -1.94. The number of nitrogens with one attached hydrogen (secondary N) is 1. The first-order valence-corrected chi connectivity index (χ1v) is 7.86. The van der Waals surface area contributed by atoms with E-state index in [0.29, 0.717) is 18.7 Å². The van der Waals surface area contributed by atoms with Crippen molar-refractivity contribution in [2.24, 2.45) is 0 Å². The molecule has 0 spiro atoms. The van der Waals surface area contributed by atoms with Crippen LogP contribution in [0.2, 0.25) is 0 Å². The highest BCUT2D eigenvalue weighted by Gasteiger charge is 2.12. The summed E-state index contributed by atoms with van der Waals surface area (Å²) >= 11 is 0. The molecule has 3 aromatic heterocycles. The summed E-state index contributed by atoms with van der Waals surface area (Å²) in [7, 11) is 0. The SMILES string of the molecule is Nc1nc2cc(-c3ccccn3)ccc2c2nc(CCCO)[nH]c12. The third-order valence-corrected chi connectivity index (χ3v) is 4.04. The van der Waals surface area contributed by atoms with E-state index in [2.05, 4.69) is 19.9 Å². The number of imidazole rings is 1. The highest BCUT2D eigenvalue weighted by Crippen LogP contribution is 2.29. The van der Waals surface area contributed by atoms with Crippen LogP contribution in [0.25, 0.3) is 33.2 Å². The molecule has 0 fully saturated rings. The summed E-state index contributed by atoms with van der Waals surface area (Å²) < 4.78 is 0. The summed E-state index contributed by atoms with van der Waals surface area (Å²) in [6, 6.07) is 11.8. The average Bonchev–Trinajstić information content (AvgIpc) is 3.05. The Morgan fingerprint density at radius 1 is 1.12 bits per heavy atom. The Hall–Kier alpha value is -2.99. The smallest absolute Gasteiger partial charge is 0.150 e. The predicted molar refractivity (Wildman–Crippen MR) is 94.4 cm³/mol. The van der Waals surface area contributed by atoms with Crippen molar-refractivity contribution >= 4 is 27.8 Å². The van der Waals surface area contributed by atoms with Crippen molar-refractivity contribution in [2.45, 2.75) is 12.8 Å². The first-order chi connectivity index (χ1) is 11.8. The van der Waals surface area contributed by atoms with Gasteiger partial charge in [0.1, 0.15) is 22.7 Å². The molecule has 0 saturated carbocycles. The lowest BCUT2D eigenvalue weighted by Gasteiger charge is -2.04. The second-order valence-corrected chi connectivity index (χ2v) is 5.68. The zero-order valence-corrected chi connectivity index (χ0v) is 13.0. The maximum absolute atomic E-state index is 8.98. The van der Waals surface area contributed by atoms with Crippen LogP contribution in [-0.4, -0.2) is 31.6 Å². The van der Waals surface area contributed by atoms with E-state index >= 15 is 0 Å². The van der Waals surface area contributed by atoms with Crippen molar-refractivity contribution in [2.75, 3.05) is 12.3 Å². The molecule has 0 bridgehead atoms. The normalized spacial score (nSPS) is 11.4. The van der Waals surface area contributed by atoms with Crippen LogP contribution < -0.4 is 5.73 Å². The van der Waals surface area contributed by atoms with Gasteiger partial charge < -0.3 is 15.8 Å². The zero-order valence-electron chi connectivity index (χ0n) is 13.0. The minimum absolute atomic E-state index is 0.138. The van der Waals surface area contributed by atoms with Gasteiger partial charge in [-0.1, -0.05) is 12.1 Å². The second-order valence-electron chi connectivity index (χ2n) is 5.68. The number of fused-ring (bicyclic) bond motifs is 3. The Kier molecular flexibility index (Phi) is 3.59. The highest BCUT2D eigenvalue weighted by atomic mass is 16.2. The van der Waals surface area contributed by atoms with Crippen molar-refractivity contribution in [3.63, 3.8) is 0 Å². The molecule has 0 aliphatic heterocycles. The number of pyridine rings is 2. The minimum Gasteiger partial charge on any atom is -0.396 e. The van der Waals surface area contributed by atoms with E-state index < -0.39 is 0 Å². The second kappa shape index (κ2) is 5.90. The van der Waals surface area contributed by atoms with Gasteiger partial charge >= 0.3 is 0 Å². The summed E-state index contributed by atoms with van der Waals surface area (Å²) in [6.45, 7) is 0.138. The number of aromatic nitrogens is 4. The molecule has 24 heavy (non-hydrogen) atoms. The van der Waals surface area contributed by atoms with Crippen molar-refractivity contribution < 1.29 is 5.11 Å². The number of nitrogen functional groups attached to an aromatic ring is 1. The summed E-state index contributed by atoms with van der Waals surface area (Å²) in [6.07, 6.45) is 3.11. The number of benzene rings is 1.